The van der Waals surface area contributed by atoms with E-state index in [2.05, 4.69) is 51.1 Å². The summed E-state index contributed by atoms with van der Waals surface area (Å²) in [6, 6.07) is 7.25. The molecule has 2 bridgehead atoms. The summed E-state index contributed by atoms with van der Waals surface area (Å²) in [6.45, 7) is 6.93. The van der Waals surface area contributed by atoms with E-state index in [0.717, 1.165) is 23.7 Å². The topological polar surface area (TPSA) is 0 Å². The molecule has 0 aliphatic heterocycles. The molecule has 0 radical (unpaired) electrons. The highest BCUT2D eigenvalue weighted by atomic mass is 14.6. The van der Waals surface area contributed by atoms with Crippen LogP contribution in [-0.4, -0.2) is 0 Å². The van der Waals surface area contributed by atoms with Crippen molar-refractivity contribution in [1.29, 1.82) is 0 Å². The summed E-state index contributed by atoms with van der Waals surface area (Å²) < 4.78 is 0. The first kappa shape index (κ1) is 9.94. The lowest BCUT2D eigenvalue weighted by molar-refractivity contribution is 0.441. The van der Waals surface area contributed by atoms with Crippen molar-refractivity contribution in [3.8, 4) is 0 Å². The maximum atomic E-state index is 2.49. The SMILES string of the molecule is CC(C)(C)c1ccc2c(c1)[C@@H]1C3C=CC(C3)[C@H]21. The summed E-state index contributed by atoms with van der Waals surface area (Å²) in [5, 5.41) is 0. The second-order valence-corrected chi connectivity index (χ2v) is 7.09. The smallest absolute Gasteiger partial charge is 0.00212 e. The molecule has 0 saturated heterocycles. The standard InChI is InChI=1S/C17H20/c1-17(2,3)12-6-7-13-14(9-12)16-11-5-4-10(8-11)15(13)16/h4-7,9-11,15-16H,8H2,1-3H3/t10?,11?,15-,16+/m1/s1. The molecular formula is C17H20. The molecule has 1 fully saturated rings. The third kappa shape index (κ3) is 1.14. The first-order valence-corrected chi connectivity index (χ1v) is 6.88. The summed E-state index contributed by atoms with van der Waals surface area (Å²) in [5.41, 5.74) is 5.11. The van der Waals surface area contributed by atoms with Gasteiger partial charge in [0.05, 0.1) is 0 Å². The molecule has 3 aliphatic rings. The van der Waals surface area contributed by atoms with Crippen LogP contribution in [0.4, 0.5) is 0 Å². The number of hydrogen-bond donors (Lipinski definition) is 0. The van der Waals surface area contributed by atoms with Crippen molar-refractivity contribution in [3.05, 3.63) is 47.0 Å². The van der Waals surface area contributed by atoms with Gasteiger partial charge in [-0.2, -0.15) is 0 Å². The minimum atomic E-state index is 0.285. The first-order chi connectivity index (χ1) is 8.05. The lowest BCUT2D eigenvalue weighted by atomic mass is 9.62. The molecule has 0 N–H and O–H groups in total. The van der Waals surface area contributed by atoms with E-state index < -0.39 is 0 Å². The molecule has 4 atom stereocenters. The molecule has 88 valence electrons. The summed E-state index contributed by atoms with van der Waals surface area (Å²) in [7, 11) is 0. The average molecular weight is 224 g/mol. The average Bonchev–Trinajstić information content (AvgIpc) is 2.79. The van der Waals surface area contributed by atoms with E-state index in [1.54, 1.807) is 11.1 Å². The highest BCUT2D eigenvalue weighted by Crippen LogP contribution is 2.65. The molecule has 1 saturated carbocycles. The van der Waals surface area contributed by atoms with E-state index in [4.69, 9.17) is 0 Å². The highest BCUT2D eigenvalue weighted by Gasteiger charge is 2.53. The first-order valence-electron chi connectivity index (χ1n) is 6.88. The lowest BCUT2D eigenvalue weighted by Gasteiger charge is -2.41. The van der Waals surface area contributed by atoms with Gasteiger partial charge in [-0.05, 0) is 52.2 Å². The van der Waals surface area contributed by atoms with Crippen molar-refractivity contribution in [1.82, 2.24) is 0 Å². The van der Waals surface area contributed by atoms with Crippen molar-refractivity contribution in [3.63, 3.8) is 0 Å². The zero-order valence-corrected chi connectivity index (χ0v) is 10.9. The van der Waals surface area contributed by atoms with Crippen LogP contribution in [0.1, 0.15) is 55.7 Å². The Labute approximate surface area is 104 Å². The van der Waals surface area contributed by atoms with Gasteiger partial charge in [-0.25, -0.2) is 0 Å². The number of hydrogen-bond acceptors (Lipinski definition) is 0. The Kier molecular flexibility index (Phi) is 1.67. The molecule has 1 aromatic carbocycles. The Morgan fingerprint density at radius 3 is 2.24 bits per heavy atom. The van der Waals surface area contributed by atoms with Crippen LogP contribution in [0, 0.1) is 11.8 Å². The molecule has 0 aromatic heterocycles. The Balaban J connectivity index is 1.80. The van der Waals surface area contributed by atoms with Gasteiger partial charge in [0.25, 0.3) is 0 Å². The molecule has 17 heavy (non-hydrogen) atoms. The fraction of sp³-hybridized carbons (Fsp3) is 0.529. The minimum Gasteiger partial charge on any atom is -0.0845 e. The van der Waals surface area contributed by atoms with E-state index in [1.807, 2.05) is 0 Å². The van der Waals surface area contributed by atoms with Crippen molar-refractivity contribution in [2.75, 3.05) is 0 Å². The van der Waals surface area contributed by atoms with Crippen LogP contribution < -0.4 is 0 Å². The predicted octanol–water partition coefficient (Wildman–Crippen LogP) is 4.37. The number of benzene rings is 1. The van der Waals surface area contributed by atoms with Crippen LogP contribution >= 0.6 is 0 Å². The van der Waals surface area contributed by atoms with Crippen molar-refractivity contribution in [2.24, 2.45) is 11.8 Å². The predicted molar refractivity (Wildman–Crippen MR) is 71.4 cm³/mol. The van der Waals surface area contributed by atoms with Crippen molar-refractivity contribution in [2.45, 2.75) is 44.4 Å². The molecule has 4 rings (SSSR count). The van der Waals surface area contributed by atoms with Gasteiger partial charge in [0.1, 0.15) is 0 Å². The molecule has 0 heteroatoms. The monoisotopic (exact) mass is 224 g/mol. The van der Waals surface area contributed by atoms with E-state index >= 15 is 0 Å². The van der Waals surface area contributed by atoms with Crippen LogP contribution in [0.25, 0.3) is 0 Å². The third-order valence-corrected chi connectivity index (χ3v) is 5.13. The van der Waals surface area contributed by atoms with E-state index in [-0.39, 0.29) is 5.41 Å². The summed E-state index contributed by atoms with van der Waals surface area (Å²) >= 11 is 0. The van der Waals surface area contributed by atoms with E-state index in [0.29, 0.717) is 0 Å². The van der Waals surface area contributed by atoms with Crippen molar-refractivity contribution < 1.29 is 0 Å². The van der Waals surface area contributed by atoms with Crippen molar-refractivity contribution >= 4 is 0 Å². The quantitative estimate of drug-likeness (QED) is 0.574. The molecule has 0 heterocycles. The van der Waals surface area contributed by atoms with Gasteiger partial charge in [0.15, 0.2) is 0 Å². The van der Waals surface area contributed by atoms with Crippen LogP contribution in [-0.2, 0) is 5.41 Å². The molecule has 1 aromatic rings. The molecular weight excluding hydrogens is 204 g/mol. The van der Waals surface area contributed by atoms with Crippen LogP contribution in [0.15, 0.2) is 30.4 Å². The fourth-order valence-electron chi connectivity index (χ4n) is 4.21. The van der Waals surface area contributed by atoms with Gasteiger partial charge in [-0.15, -0.1) is 0 Å². The van der Waals surface area contributed by atoms with E-state index in [1.165, 1.54) is 12.0 Å². The van der Waals surface area contributed by atoms with E-state index in [9.17, 15) is 0 Å². The molecule has 0 spiro atoms. The van der Waals surface area contributed by atoms with Gasteiger partial charge in [-0.3, -0.25) is 0 Å². The number of allylic oxidation sites excluding steroid dienone is 2. The fourth-order valence-corrected chi connectivity index (χ4v) is 4.21. The van der Waals surface area contributed by atoms with Gasteiger partial charge < -0.3 is 0 Å². The summed E-state index contributed by atoms with van der Waals surface area (Å²) in [4.78, 5) is 0. The zero-order chi connectivity index (χ0) is 11.8. The maximum absolute atomic E-state index is 2.49. The Morgan fingerprint density at radius 2 is 1.59 bits per heavy atom. The summed E-state index contributed by atoms with van der Waals surface area (Å²) in [5.74, 6) is 3.45. The molecule has 2 unspecified atom stereocenters. The lowest BCUT2D eigenvalue weighted by Crippen LogP contribution is -2.28. The van der Waals surface area contributed by atoms with Gasteiger partial charge in [-0.1, -0.05) is 51.1 Å². The largest absolute Gasteiger partial charge is 0.0845 e. The maximum Gasteiger partial charge on any atom is -0.00212 e. The normalized spacial score (nSPS) is 36.6. The van der Waals surface area contributed by atoms with Crippen LogP contribution in [0.2, 0.25) is 0 Å². The summed E-state index contributed by atoms with van der Waals surface area (Å²) in [6.07, 6.45) is 6.35. The second-order valence-electron chi connectivity index (χ2n) is 7.09. The van der Waals surface area contributed by atoms with Gasteiger partial charge >= 0.3 is 0 Å². The van der Waals surface area contributed by atoms with Gasteiger partial charge in [0.2, 0.25) is 0 Å². The van der Waals surface area contributed by atoms with Crippen LogP contribution in [0.5, 0.6) is 0 Å². The third-order valence-electron chi connectivity index (χ3n) is 5.13. The Hall–Kier alpha value is -1.04. The molecule has 0 amide bonds. The van der Waals surface area contributed by atoms with Gasteiger partial charge in [0, 0.05) is 0 Å². The zero-order valence-electron chi connectivity index (χ0n) is 10.9. The van der Waals surface area contributed by atoms with Crippen LogP contribution in [0.3, 0.4) is 0 Å². The molecule has 3 aliphatic carbocycles. The Bertz CT molecular complexity index is 515. The highest BCUT2D eigenvalue weighted by molar-refractivity contribution is 5.53. The molecule has 0 nitrogen and oxygen atoms in total. The number of rotatable bonds is 0. The second kappa shape index (κ2) is 2.85. The number of fused-ring (bicyclic) bond motifs is 8. The Morgan fingerprint density at radius 1 is 0.941 bits per heavy atom. The minimum absolute atomic E-state index is 0.285.